The highest BCUT2D eigenvalue weighted by Crippen LogP contribution is 2.21. The van der Waals surface area contributed by atoms with E-state index in [4.69, 9.17) is 4.74 Å². The first kappa shape index (κ1) is 18.4. The van der Waals surface area contributed by atoms with Gasteiger partial charge in [0.25, 0.3) is 0 Å². The van der Waals surface area contributed by atoms with Crippen molar-refractivity contribution in [3.05, 3.63) is 35.8 Å². The van der Waals surface area contributed by atoms with Crippen LogP contribution in [0.4, 0.5) is 4.39 Å². The monoisotopic (exact) mass is 362 g/mol. The average molecular weight is 362 g/mol. The normalized spacial score (nSPS) is 18.6. The van der Waals surface area contributed by atoms with Crippen LogP contribution in [0.15, 0.2) is 24.4 Å². The van der Waals surface area contributed by atoms with Gasteiger partial charge >= 0.3 is 5.97 Å². The van der Waals surface area contributed by atoms with Gasteiger partial charge in [0.15, 0.2) is 0 Å². The third-order valence-corrected chi connectivity index (χ3v) is 4.75. The van der Waals surface area contributed by atoms with Crippen LogP contribution in [0.2, 0.25) is 0 Å². The van der Waals surface area contributed by atoms with E-state index in [9.17, 15) is 19.1 Å². The Labute approximate surface area is 150 Å². The lowest BCUT2D eigenvalue weighted by Crippen LogP contribution is -2.42. The number of halogens is 1. The number of aliphatic carboxylic acids is 1. The molecule has 0 saturated carbocycles. The average Bonchev–Trinajstić information content (AvgIpc) is 3.02. The highest BCUT2D eigenvalue weighted by Gasteiger charge is 2.23. The molecule has 1 aliphatic heterocycles. The van der Waals surface area contributed by atoms with Gasteiger partial charge in [-0.15, -0.1) is 0 Å². The molecule has 0 spiro atoms. The minimum Gasteiger partial charge on any atom is -0.480 e. The van der Waals surface area contributed by atoms with Crippen molar-refractivity contribution in [2.75, 3.05) is 6.61 Å². The van der Waals surface area contributed by atoms with Gasteiger partial charge in [0.1, 0.15) is 11.9 Å². The summed E-state index contributed by atoms with van der Waals surface area (Å²) in [5, 5.41) is 12.8. The van der Waals surface area contributed by atoms with Gasteiger partial charge in [0.2, 0.25) is 5.91 Å². The van der Waals surface area contributed by atoms with Crippen LogP contribution in [0.5, 0.6) is 0 Å². The molecule has 2 heterocycles. The Morgan fingerprint density at radius 3 is 2.96 bits per heavy atom. The number of carboxylic acid groups (broad SMARTS) is 1. The first-order valence-electron chi connectivity index (χ1n) is 8.92. The smallest absolute Gasteiger partial charge is 0.326 e. The highest BCUT2D eigenvalue weighted by atomic mass is 19.1. The quantitative estimate of drug-likeness (QED) is 0.706. The molecule has 140 valence electrons. The maximum Gasteiger partial charge on any atom is 0.326 e. The zero-order valence-corrected chi connectivity index (χ0v) is 14.5. The van der Waals surface area contributed by atoms with Crippen molar-refractivity contribution in [2.45, 2.75) is 50.7 Å². The summed E-state index contributed by atoms with van der Waals surface area (Å²) in [5.41, 5.74) is 1.33. The van der Waals surface area contributed by atoms with E-state index in [1.165, 1.54) is 12.1 Å². The molecule has 1 aromatic carbocycles. The molecule has 0 aliphatic carbocycles. The first-order valence-corrected chi connectivity index (χ1v) is 8.92. The number of H-pyrrole nitrogens is 1. The number of hydrogen-bond donors (Lipinski definition) is 3. The third kappa shape index (κ3) is 4.60. The summed E-state index contributed by atoms with van der Waals surface area (Å²) in [7, 11) is 0. The Hall–Kier alpha value is -2.41. The van der Waals surface area contributed by atoms with E-state index >= 15 is 0 Å². The van der Waals surface area contributed by atoms with Gasteiger partial charge in [-0.05, 0) is 49.4 Å². The van der Waals surface area contributed by atoms with Gasteiger partial charge in [-0.3, -0.25) is 4.79 Å². The molecule has 0 radical (unpaired) electrons. The van der Waals surface area contributed by atoms with Gasteiger partial charge < -0.3 is 20.1 Å². The van der Waals surface area contributed by atoms with E-state index in [-0.39, 0.29) is 30.7 Å². The maximum absolute atomic E-state index is 13.3. The summed E-state index contributed by atoms with van der Waals surface area (Å²) in [6.07, 6.45) is 5.82. The lowest BCUT2D eigenvalue weighted by atomic mass is 10.0. The highest BCUT2D eigenvalue weighted by molar-refractivity contribution is 5.86. The van der Waals surface area contributed by atoms with Crippen molar-refractivity contribution in [3.8, 4) is 0 Å². The second kappa shape index (κ2) is 8.31. The van der Waals surface area contributed by atoms with Crippen LogP contribution in [0.25, 0.3) is 10.9 Å². The second-order valence-electron chi connectivity index (χ2n) is 6.69. The number of benzene rings is 1. The molecule has 1 saturated heterocycles. The summed E-state index contributed by atoms with van der Waals surface area (Å²) in [5.74, 6) is -1.75. The van der Waals surface area contributed by atoms with Crippen LogP contribution in [0.3, 0.4) is 0 Å². The summed E-state index contributed by atoms with van der Waals surface area (Å²) >= 11 is 0. The number of rotatable bonds is 7. The molecular formula is C19H23FN2O4. The minimum absolute atomic E-state index is 0.0845. The second-order valence-corrected chi connectivity index (χ2v) is 6.69. The largest absolute Gasteiger partial charge is 0.480 e. The standard InChI is InChI=1S/C19H23FN2O4/c20-13-4-6-15-12(11-21-16(15)10-13)9-17(19(24)25)22-18(23)7-5-14-3-1-2-8-26-14/h4,6,10-11,14,17,21H,1-3,5,7-9H2,(H,22,23)(H,24,25)/t14-,17+/m1/s1. The van der Waals surface area contributed by atoms with Crippen LogP contribution < -0.4 is 5.32 Å². The topological polar surface area (TPSA) is 91.4 Å². The van der Waals surface area contributed by atoms with E-state index in [2.05, 4.69) is 10.3 Å². The predicted octanol–water partition coefficient (Wildman–Crippen LogP) is 2.77. The fraction of sp³-hybridized carbons (Fsp3) is 0.474. The van der Waals surface area contributed by atoms with Crippen molar-refractivity contribution < 1.29 is 23.8 Å². The molecule has 2 atom stereocenters. The number of ether oxygens (including phenoxy) is 1. The molecule has 3 N–H and O–H groups in total. The Bertz CT molecular complexity index is 783. The number of hydrogen-bond acceptors (Lipinski definition) is 3. The Kier molecular flexibility index (Phi) is 5.88. The molecule has 1 amide bonds. The number of fused-ring (bicyclic) bond motifs is 1. The van der Waals surface area contributed by atoms with Gasteiger partial charge in [-0.1, -0.05) is 0 Å². The van der Waals surface area contributed by atoms with Crippen molar-refractivity contribution in [2.24, 2.45) is 0 Å². The van der Waals surface area contributed by atoms with Crippen LogP contribution in [-0.2, 0) is 20.7 Å². The van der Waals surface area contributed by atoms with Crippen LogP contribution in [0, 0.1) is 5.82 Å². The molecule has 0 unspecified atom stereocenters. The van der Waals surface area contributed by atoms with Crippen molar-refractivity contribution in [3.63, 3.8) is 0 Å². The van der Waals surface area contributed by atoms with Gasteiger partial charge in [0.05, 0.1) is 6.10 Å². The number of carbonyl (C=O) groups is 2. The summed E-state index contributed by atoms with van der Waals surface area (Å²) in [4.78, 5) is 26.6. The van der Waals surface area contributed by atoms with Crippen LogP contribution in [0.1, 0.15) is 37.7 Å². The van der Waals surface area contributed by atoms with Crippen molar-refractivity contribution in [1.82, 2.24) is 10.3 Å². The van der Waals surface area contributed by atoms with Crippen LogP contribution in [-0.4, -0.2) is 40.7 Å². The van der Waals surface area contributed by atoms with Gasteiger partial charge in [-0.25, -0.2) is 9.18 Å². The fourth-order valence-corrected chi connectivity index (χ4v) is 3.34. The van der Waals surface area contributed by atoms with E-state index < -0.39 is 12.0 Å². The van der Waals surface area contributed by atoms with Crippen LogP contribution >= 0.6 is 0 Å². The molecule has 6 nitrogen and oxygen atoms in total. The van der Waals surface area contributed by atoms with Gasteiger partial charge in [-0.2, -0.15) is 0 Å². The summed E-state index contributed by atoms with van der Waals surface area (Å²) in [6.45, 7) is 0.727. The molecule has 26 heavy (non-hydrogen) atoms. The molecule has 1 aliphatic rings. The fourth-order valence-electron chi connectivity index (χ4n) is 3.34. The SMILES string of the molecule is O=C(CC[C@H]1CCCCO1)N[C@@H](Cc1c[nH]c2cc(F)ccc12)C(=O)O. The minimum atomic E-state index is -1.09. The Morgan fingerprint density at radius 2 is 2.23 bits per heavy atom. The molecule has 1 aromatic heterocycles. The Balaban J connectivity index is 1.59. The molecule has 1 fully saturated rings. The molecule has 2 aromatic rings. The van der Waals surface area contributed by atoms with E-state index in [1.54, 1.807) is 12.3 Å². The zero-order valence-electron chi connectivity index (χ0n) is 14.5. The number of aromatic nitrogens is 1. The maximum atomic E-state index is 13.3. The predicted molar refractivity (Wildman–Crippen MR) is 94.4 cm³/mol. The van der Waals surface area contributed by atoms with E-state index in [0.29, 0.717) is 11.9 Å². The molecular weight excluding hydrogens is 339 g/mol. The zero-order chi connectivity index (χ0) is 18.5. The summed E-state index contributed by atoms with van der Waals surface area (Å²) in [6, 6.07) is 3.27. The first-order chi connectivity index (χ1) is 12.5. The number of nitrogens with one attached hydrogen (secondary N) is 2. The lowest BCUT2D eigenvalue weighted by Gasteiger charge is -2.22. The number of carboxylic acids is 1. The van der Waals surface area contributed by atoms with Gasteiger partial charge in [0, 0.05) is 36.5 Å². The van der Waals surface area contributed by atoms with Crippen molar-refractivity contribution in [1.29, 1.82) is 0 Å². The number of carbonyl (C=O) groups excluding carboxylic acids is 1. The summed E-state index contributed by atoms with van der Waals surface area (Å²) < 4.78 is 18.9. The molecule has 3 rings (SSSR count). The number of amides is 1. The molecule has 0 bridgehead atoms. The number of aromatic amines is 1. The Morgan fingerprint density at radius 1 is 1.38 bits per heavy atom. The molecule has 7 heteroatoms. The lowest BCUT2D eigenvalue weighted by molar-refractivity contribution is -0.141. The van der Waals surface area contributed by atoms with E-state index in [1.807, 2.05) is 0 Å². The van der Waals surface area contributed by atoms with Crippen molar-refractivity contribution >= 4 is 22.8 Å². The third-order valence-electron chi connectivity index (χ3n) is 4.75. The van der Waals surface area contributed by atoms with E-state index in [0.717, 1.165) is 36.8 Å².